The second-order valence-electron chi connectivity index (χ2n) is 8.44. The van der Waals surface area contributed by atoms with E-state index in [1.54, 1.807) is 18.0 Å². The van der Waals surface area contributed by atoms with Crippen molar-refractivity contribution in [2.24, 2.45) is 5.41 Å². The molecule has 0 saturated carbocycles. The molecule has 1 aliphatic heterocycles. The van der Waals surface area contributed by atoms with E-state index in [1.165, 1.54) is 9.13 Å². The van der Waals surface area contributed by atoms with Gasteiger partial charge in [-0.25, -0.2) is 9.97 Å². The first-order valence-electron chi connectivity index (χ1n) is 9.76. The Morgan fingerprint density at radius 1 is 1.34 bits per heavy atom. The van der Waals surface area contributed by atoms with Crippen LogP contribution in [0, 0.1) is 8.99 Å². The van der Waals surface area contributed by atoms with Gasteiger partial charge in [-0.1, -0.05) is 32.5 Å². The van der Waals surface area contributed by atoms with E-state index < -0.39 is 0 Å². The van der Waals surface area contributed by atoms with Gasteiger partial charge in [0.25, 0.3) is 0 Å². The van der Waals surface area contributed by atoms with Gasteiger partial charge in [0.1, 0.15) is 11.3 Å². The van der Waals surface area contributed by atoms with E-state index in [0.29, 0.717) is 5.82 Å². The molecule has 0 saturated heterocycles. The lowest BCUT2D eigenvalue weighted by atomic mass is 9.97. The molecular formula is C21H26IN5OS. The lowest BCUT2D eigenvalue weighted by molar-refractivity contribution is 0.356. The third-order valence-electron chi connectivity index (χ3n) is 4.77. The molecule has 3 aromatic rings. The van der Waals surface area contributed by atoms with E-state index in [4.69, 9.17) is 15.5 Å². The predicted molar refractivity (Wildman–Crippen MR) is 127 cm³/mol. The van der Waals surface area contributed by atoms with Crippen LogP contribution in [0.2, 0.25) is 0 Å². The van der Waals surface area contributed by atoms with E-state index in [2.05, 4.69) is 70.4 Å². The summed E-state index contributed by atoms with van der Waals surface area (Å²) in [6.45, 7) is 10.1. The molecule has 0 atom stereocenters. The molecule has 6 nitrogen and oxygen atoms in total. The number of imidazole rings is 1. The van der Waals surface area contributed by atoms with Gasteiger partial charge in [-0.3, -0.25) is 0 Å². The fourth-order valence-corrected chi connectivity index (χ4v) is 5.17. The van der Waals surface area contributed by atoms with Crippen molar-refractivity contribution in [1.29, 1.82) is 0 Å². The highest BCUT2D eigenvalue weighted by Crippen LogP contribution is 2.38. The summed E-state index contributed by atoms with van der Waals surface area (Å²) in [5.74, 6) is 1.46. The number of nitrogens with one attached hydrogen (secondary N) is 1. The van der Waals surface area contributed by atoms with Crippen LogP contribution < -0.4 is 15.8 Å². The van der Waals surface area contributed by atoms with Crippen molar-refractivity contribution in [2.75, 3.05) is 25.4 Å². The van der Waals surface area contributed by atoms with Gasteiger partial charge in [-0.2, -0.15) is 0 Å². The summed E-state index contributed by atoms with van der Waals surface area (Å²) >= 11 is 4.06. The van der Waals surface area contributed by atoms with Gasteiger partial charge in [-0.15, -0.1) is 0 Å². The first-order valence-corrected chi connectivity index (χ1v) is 11.7. The summed E-state index contributed by atoms with van der Waals surface area (Å²) in [5.41, 5.74) is 9.43. The monoisotopic (exact) mass is 523 g/mol. The zero-order chi connectivity index (χ0) is 20.6. The van der Waals surface area contributed by atoms with Gasteiger partial charge in [0.05, 0.1) is 12.1 Å². The number of benzene rings is 1. The fraction of sp³-hybridized carbons (Fsp3) is 0.429. The summed E-state index contributed by atoms with van der Waals surface area (Å²) < 4.78 is 9.22. The summed E-state index contributed by atoms with van der Waals surface area (Å²) in [6.07, 6.45) is 2.73. The number of fused-ring (bicyclic) bond motifs is 2. The molecule has 0 radical (unpaired) electrons. The van der Waals surface area contributed by atoms with Crippen LogP contribution in [0.1, 0.15) is 26.3 Å². The van der Waals surface area contributed by atoms with E-state index >= 15 is 0 Å². The molecule has 4 rings (SSSR count). The van der Waals surface area contributed by atoms with Crippen LogP contribution in [0.5, 0.6) is 5.75 Å². The number of pyridine rings is 1. The minimum Gasteiger partial charge on any atom is -0.493 e. The molecule has 2 aromatic heterocycles. The molecule has 0 bridgehead atoms. The van der Waals surface area contributed by atoms with Crippen LogP contribution in [0.3, 0.4) is 0 Å². The van der Waals surface area contributed by atoms with E-state index in [9.17, 15) is 0 Å². The number of ether oxygens (including phenoxy) is 1. The largest absolute Gasteiger partial charge is 0.493 e. The van der Waals surface area contributed by atoms with Gasteiger partial charge >= 0.3 is 0 Å². The molecular weight excluding hydrogens is 497 g/mol. The molecule has 3 N–H and O–H groups in total. The Morgan fingerprint density at radius 2 is 2.17 bits per heavy atom. The van der Waals surface area contributed by atoms with Crippen molar-refractivity contribution in [3.8, 4) is 5.75 Å². The first kappa shape index (κ1) is 20.7. The number of nitrogens with two attached hydrogens (primary N) is 1. The summed E-state index contributed by atoms with van der Waals surface area (Å²) in [4.78, 5) is 10.2. The first-order chi connectivity index (χ1) is 13.8. The van der Waals surface area contributed by atoms with Crippen molar-refractivity contribution >= 4 is 51.2 Å². The molecule has 0 fully saturated rings. The van der Waals surface area contributed by atoms with E-state index in [0.717, 1.165) is 59.5 Å². The molecule has 0 unspecified atom stereocenters. The number of hydrogen-bond acceptors (Lipinski definition) is 6. The number of hydrogen-bond donors (Lipinski definition) is 2. The Labute approximate surface area is 189 Å². The maximum atomic E-state index is 6.11. The van der Waals surface area contributed by atoms with Crippen LogP contribution in [0.25, 0.3) is 11.0 Å². The quantitative estimate of drug-likeness (QED) is 0.370. The zero-order valence-electron chi connectivity index (χ0n) is 17.0. The number of halogens is 1. The van der Waals surface area contributed by atoms with Gasteiger partial charge < -0.3 is 20.4 Å². The van der Waals surface area contributed by atoms with Crippen LogP contribution in [-0.4, -0.2) is 34.2 Å². The van der Waals surface area contributed by atoms with Gasteiger partial charge in [0.15, 0.2) is 11.0 Å². The van der Waals surface area contributed by atoms with Crippen LogP contribution in [0.15, 0.2) is 34.4 Å². The molecule has 154 valence electrons. The second kappa shape index (κ2) is 8.31. The highest BCUT2D eigenvalue weighted by molar-refractivity contribution is 14.1. The van der Waals surface area contributed by atoms with Gasteiger partial charge in [0, 0.05) is 40.7 Å². The molecule has 1 aromatic carbocycles. The third kappa shape index (κ3) is 4.64. The molecule has 0 aliphatic carbocycles. The molecule has 0 spiro atoms. The molecule has 3 heterocycles. The smallest absolute Gasteiger partial charge is 0.174 e. The van der Waals surface area contributed by atoms with Crippen molar-refractivity contribution in [1.82, 2.24) is 19.9 Å². The highest BCUT2D eigenvalue weighted by Gasteiger charge is 2.19. The van der Waals surface area contributed by atoms with Crippen molar-refractivity contribution in [3.63, 3.8) is 0 Å². The maximum Gasteiger partial charge on any atom is 0.174 e. The van der Waals surface area contributed by atoms with E-state index in [-0.39, 0.29) is 5.41 Å². The van der Waals surface area contributed by atoms with Crippen LogP contribution >= 0.6 is 34.4 Å². The average Bonchev–Trinajstić information content (AvgIpc) is 3.23. The molecule has 29 heavy (non-hydrogen) atoms. The number of aromatic nitrogens is 3. The summed E-state index contributed by atoms with van der Waals surface area (Å²) in [7, 11) is 0. The highest BCUT2D eigenvalue weighted by atomic mass is 127. The normalized spacial score (nSPS) is 13.7. The van der Waals surface area contributed by atoms with Crippen molar-refractivity contribution < 1.29 is 4.74 Å². The fourth-order valence-electron chi connectivity index (χ4n) is 3.35. The Hall–Kier alpha value is -1.52. The number of anilines is 1. The minimum absolute atomic E-state index is 0.253. The van der Waals surface area contributed by atoms with Gasteiger partial charge in [-0.05, 0) is 51.8 Å². The molecule has 8 heteroatoms. The Morgan fingerprint density at radius 3 is 2.97 bits per heavy atom. The lowest BCUT2D eigenvalue weighted by Crippen LogP contribution is -2.29. The topological polar surface area (TPSA) is 78.0 Å². The Balaban J connectivity index is 1.64. The SMILES string of the molecule is CC(C)(C)CNCCn1c(Sc2cc3c(cc2I)CCO3)nc2c(N)nccc21. The lowest BCUT2D eigenvalue weighted by Gasteiger charge is -2.19. The van der Waals surface area contributed by atoms with Crippen LogP contribution in [-0.2, 0) is 13.0 Å². The van der Waals surface area contributed by atoms with Crippen LogP contribution in [0.4, 0.5) is 5.82 Å². The Bertz CT molecular complexity index is 1040. The molecule has 0 amide bonds. The zero-order valence-corrected chi connectivity index (χ0v) is 19.9. The molecule has 1 aliphatic rings. The van der Waals surface area contributed by atoms with Gasteiger partial charge in [0.2, 0.25) is 0 Å². The summed E-state index contributed by atoms with van der Waals surface area (Å²) in [5, 5.41) is 4.48. The minimum atomic E-state index is 0.253. The average molecular weight is 523 g/mol. The van der Waals surface area contributed by atoms with Crippen molar-refractivity contribution in [3.05, 3.63) is 33.5 Å². The second-order valence-corrected chi connectivity index (χ2v) is 10.6. The summed E-state index contributed by atoms with van der Waals surface area (Å²) in [6, 6.07) is 6.35. The number of nitrogen functional groups attached to an aromatic ring is 1. The number of nitrogens with zero attached hydrogens (tertiary/aromatic N) is 3. The number of rotatable bonds is 6. The third-order valence-corrected chi connectivity index (χ3v) is 7.08. The Kier molecular flexibility index (Phi) is 5.94. The maximum absolute atomic E-state index is 6.11. The van der Waals surface area contributed by atoms with E-state index in [1.807, 2.05) is 6.07 Å². The van der Waals surface area contributed by atoms with Crippen molar-refractivity contribution in [2.45, 2.75) is 43.8 Å². The predicted octanol–water partition coefficient (Wildman–Crippen LogP) is 4.34. The standard InChI is InChI=1S/C21H26IN5OS/c1-21(2,3)12-24-7-8-27-15-4-6-25-19(23)18(15)26-20(27)29-17-11-16-13(5-9-28-16)10-14(17)22/h4,6,10-11,24H,5,7-9,12H2,1-3H3,(H2,23,25).